The van der Waals surface area contributed by atoms with Crippen LogP contribution in [0, 0.1) is 23.7 Å². The SMILES string of the molecule is CCCCCCCC(=O)CC[C@H]1[C@H](CI)CC(=O)[C@@H]1CC=CCCCC(OO)C(C)C. The van der Waals surface area contributed by atoms with Crippen LogP contribution >= 0.6 is 22.6 Å². The summed E-state index contributed by atoms with van der Waals surface area (Å²) < 4.78 is 0.997. The Kier molecular flexibility index (Phi) is 16.0. The number of carbonyl (C=O) groups excluding carboxylic acids is 2. The van der Waals surface area contributed by atoms with Gasteiger partial charge in [0.2, 0.25) is 0 Å². The van der Waals surface area contributed by atoms with Gasteiger partial charge in [-0.1, -0.05) is 81.2 Å². The van der Waals surface area contributed by atoms with Gasteiger partial charge in [0, 0.05) is 29.6 Å². The third kappa shape index (κ3) is 11.4. The second-order valence-corrected chi connectivity index (χ2v) is 10.5. The van der Waals surface area contributed by atoms with Crippen molar-refractivity contribution in [1.82, 2.24) is 0 Å². The highest BCUT2D eigenvalue weighted by atomic mass is 127. The second-order valence-electron chi connectivity index (χ2n) is 9.62. The molecule has 5 heteroatoms. The van der Waals surface area contributed by atoms with Gasteiger partial charge in [0.05, 0.1) is 6.10 Å². The van der Waals surface area contributed by atoms with Crippen LogP contribution in [-0.2, 0) is 14.5 Å². The fourth-order valence-electron chi connectivity index (χ4n) is 4.72. The molecule has 0 spiro atoms. The van der Waals surface area contributed by atoms with E-state index in [1.54, 1.807) is 0 Å². The summed E-state index contributed by atoms with van der Waals surface area (Å²) in [4.78, 5) is 29.5. The first-order valence-electron chi connectivity index (χ1n) is 12.5. The molecular weight excluding hydrogens is 503 g/mol. The minimum Gasteiger partial charge on any atom is -0.300 e. The molecule has 0 aromatic carbocycles. The zero-order chi connectivity index (χ0) is 23.1. The van der Waals surface area contributed by atoms with E-state index in [-0.39, 0.29) is 12.0 Å². The molecular formula is C26H45IO4. The number of hydrogen-bond acceptors (Lipinski definition) is 4. The molecule has 0 bridgehead atoms. The maximum atomic E-state index is 12.6. The Morgan fingerprint density at radius 3 is 2.55 bits per heavy atom. The standard InChI is InChI=1S/C26H45IO4/c1-4-5-6-7-10-13-22(28)16-17-23-21(19-27)18-25(29)24(23)14-11-8-9-12-15-26(31-30)20(2)3/h8,11,20-21,23-24,26,30H,4-7,9-10,12-19H2,1-3H3/t21-,23-,24+,26?/m0/s1. The average Bonchev–Trinajstić information content (AvgIpc) is 3.05. The van der Waals surface area contributed by atoms with Gasteiger partial charge in [-0.05, 0) is 56.3 Å². The van der Waals surface area contributed by atoms with E-state index < -0.39 is 0 Å². The van der Waals surface area contributed by atoms with Gasteiger partial charge in [0.1, 0.15) is 11.6 Å². The average molecular weight is 549 g/mol. The molecule has 1 aliphatic carbocycles. The van der Waals surface area contributed by atoms with Crippen LogP contribution in [0.15, 0.2) is 12.2 Å². The third-order valence-electron chi connectivity index (χ3n) is 6.81. The maximum absolute atomic E-state index is 12.6. The predicted molar refractivity (Wildman–Crippen MR) is 137 cm³/mol. The summed E-state index contributed by atoms with van der Waals surface area (Å²) in [5.74, 6) is 1.93. The van der Waals surface area contributed by atoms with Gasteiger partial charge in [0.25, 0.3) is 0 Å². The van der Waals surface area contributed by atoms with E-state index in [1.807, 2.05) is 13.8 Å². The summed E-state index contributed by atoms with van der Waals surface area (Å²) in [7, 11) is 0. The molecule has 180 valence electrons. The van der Waals surface area contributed by atoms with Gasteiger partial charge in [-0.3, -0.25) is 14.8 Å². The number of ketones is 2. The minimum absolute atomic E-state index is 0.0811. The summed E-state index contributed by atoms with van der Waals surface area (Å²) in [5.41, 5.74) is 0. The number of halogens is 1. The van der Waals surface area contributed by atoms with E-state index >= 15 is 0 Å². The lowest BCUT2D eigenvalue weighted by molar-refractivity contribution is -0.289. The van der Waals surface area contributed by atoms with Gasteiger partial charge in [-0.2, -0.15) is 0 Å². The third-order valence-corrected chi connectivity index (χ3v) is 7.94. The highest BCUT2D eigenvalue weighted by Crippen LogP contribution is 2.40. The van der Waals surface area contributed by atoms with Crippen LogP contribution in [-0.4, -0.2) is 27.4 Å². The second kappa shape index (κ2) is 17.2. The fraction of sp³-hybridized carbons (Fsp3) is 0.846. The van der Waals surface area contributed by atoms with E-state index in [9.17, 15) is 9.59 Å². The fourth-order valence-corrected chi connectivity index (χ4v) is 5.69. The van der Waals surface area contributed by atoms with Crippen molar-refractivity contribution in [2.75, 3.05) is 4.43 Å². The lowest BCUT2D eigenvalue weighted by atomic mass is 9.83. The Bertz CT molecular complexity index is 532. The summed E-state index contributed by atoms with van der Waals surface area (Å²) in [6.07, 6.45) is 16.5. The Hall–Kier alpha value is -0.270. The molecule has 0 aromatic rings. The molecule has 4 atom stereocenters. The predicted octanol–water partition coefficient (Wildman–Crippen LogP) is 7.58. The quantitative estimate of drug-likeness (QED) is 0.0479. The van der Waals surface area contributed by atoms with Gasteiger partial charge in [0.15, 0.2) is 0 Å². The molecule has 0 amide bonds. The number of alkyl halides is 1. The number of rotatable bonds is 18. The summed E-state index contributed by atoms with van der Waals surface area (Å²) in [6, 6.07) is 0. The van der Waals surface area contributed by atoms with Gasteiger partial charge in [-0.25, -0.2) is 4.89 Å². The molecule has 1 rings (SSSR count). The van der Waals surface area contributed by atoms with E-state index in [0.717, 1.165) is 49.4 Å². The molecule has 1 fully saturated rings. The van der Waals surface area contributed by atoms with E-state index in [2.05, 4.69) is 46.6 Å². The zero-order valence-corrected chi connectivity index (χ0v) is 22.1. The molecule has 0 aromatic heterocycles. The van der Waals surface area contributed by atoms with Crippen molar-refractivity contribution in [1.29, 1.82) is 0 Å². The molecule has 0 saturated heterocycles. The van der Waals surface area contributed by atoms with E-state index in [1.165, 1.54) is 19.3 Å². The van der Waals surface area contributed by atoms with Crippen LogP contribution in [0.3, 0.4) is 0 Å². The van der Waals surface area contributed by atoms with Crippen molar-refractivity contribution in [2.24, 2.45) is 23.7 Å². The van der Waals surface area contributed by atoms with Crippen LogP contribution in [0.5, 0.6) is 0 Å². The minimum atomic E-state index is -0.109. The molecule has 1 unspecified atom stereocenters. The number of Topliss-reactive ketones (excluding diaryl/α,β-unsaturated/α-hetero) is 2. The van der Waals surface area contributed by atoms with Crippen molar-refractivity contribution in [3.05, 3.63) is 12.2 Å². The monoisotopic (exact) mass is 548 g/mol. The molecule has 31 heavy (non-hydrogen) atoms. The highest BCUT2D eigenvalue weighted by Gasteiger charge is 2.40. The molecule has 1 aliphatic rings. The molecule has 0 aliphatic heterocycles. The molecule has 0 heterocycles. The summed E-state index contributed by atoms with van der Waals surface area (Å²) in [5, 5.41) is 8.94. The first-order chi connectivity index (χ1) is 14.9. The lowest BCUT2D eigenvalue weighted by Crippen LogP contribution is -2.19. The topological polar surface area (TPSA) is 63.6 Å². The van der Waals surface area contributed by atoms with Crippen molar-refractivity contribution in [2.45, 2.75) is 110 Å². The maximum Gasteiger partial charge on any atom is 0.136 e. The Morgan fingerprint density at radius 1 is 1.16 bits per heavy atom. The normalized spacial score (nSPS) is 22.6. The molecule has 1 saturated carbocycles. The van der Waals surface area contributed by atoms with Crippen LogP contribution < -0.4 is 0 Å². The largest absolute Gasteiger partial charge is 0.300 e. The Morgan fingerprint density at radius 2 is 1.90 bits per heavy atom. The molecule has 0 radical (unpaired) electrons. The number of unbranched alkanes of at least 4 members (excludes halogenated alkanes) is 5. The first-order valence-corrected chi connectivity index (χ1v) is 14.0. The van der Waals surface area contributed by atoms with Crippen molar-refractivity contribution in [3.63, 3.8) is 0 Å². The number of allylic oxidation sites excluding steroid dienone is 2. The highest BCUT2D eigenvalue weighted by molar-refractivity contribution is 14.1. The summed E-state index contributed by atoms with van der Waals surface area (Å²) >= 11 is 2.40. The van der Waals surface area contributed by atoms with Crippen molar-refractivity contribution < 1.29 is 19.7 Å². The van der Waals surface area contributed by atoms with Crippen LogP contribution in [0.1, 0.15) is 104 Å². The number of carbonyl (C=O) groups is 2. The zero-order valence-electron chi connectivity index (χ0n) is 20.0. The van der Waals surface area contributed by atoms with Gasteiger partial charge >= 0.3 is 0 Å². The smallest absolute Gasteiger partial charge is 0.136 e. The van der Waals surface area contributed by atoms with Gasteiger partial charge < -0.3 is 0 Å². The van der Waals surface area contributed by atoms with Crippen LogP contribution in [0.4, 0.5) is 0 Å². The van der Waals surface area contributed by atoms with Crippen LogP contribution in [0.2, 0.25) is 0 Å². The van der Waals surface area contributed by atoms with Crippen LogP contribution in [0.25, 0.3) is 0 Å². The summed E-state index contributed by atoms with van der Waals surface area (Å²) in [6.45, 7) is 6.30. The Balaban J connectivity index is 2.41. The Labute approximate surface area is 204 Å². The van der Waals surface area contributed by atoms with E-state index in [4.69, 9.17) is 5.26 Å². The van der Waals surface area contributed by atoms with E-state index in [0.29, 0.717) is 48.6 Å². The first kappa shape index (κ1) is 28.8. The lowest BCUT2D eigenvalue weighted by Gasteiger charge is -2.21. The molecule has 1 N–H and O–H groups in total. The van der Waals surface area contributed by atoms with Crippen molar-refractivity contribution in [3.8, 4) is 0 Å². The molecule has 4 nitrogen and oxygen atoms in total. The van der Waals surface area contributed by atoms with Gasteiger partial charge in [-0.15, -0.1) is 0 Å². The number of hydrogen-bond donors (Lipinski definition) is 1. The van der Waals surface area contributed by atoms with Crippen molar-refractivity contribution >= 4 is 34.2 Å².